The van der Waals surface area contributed by atoms with E-state index in [-0.39, 0.29) is 24.8 Å². The number of nitrogens with one attached hydrogen (secondary N) is 2. The van der Waals surface area contributed by atoms with Crippen molar-refractivity contribution in [1.82, 2.24) is 15.1 Å². The smallest absolute Gasteiger partial charge is 0.328 e. The Bertz CT molecular complexity index is 1220. The Balaban J connectivity index is 1.68. The SMILES string of the molecule is COC(=O)C(Cc1ccc(O)c(F)c1)NC(=O)CCc1c(C)[nH]n(-c2ccc(F)cc2)c1=O. The van der Waals surface area contributed by atoms with Crippen LogP contribution < -0.4 is 10.9 Å². The Labute approximate surface area is 187 Å². The number of nitrogens with zero attached hydrogens (tertiary/aromatic N) is 1. The van der Waals surface area contributed by atoms with Gasteiger partial charge >= 0.3 is 5.97 Å². The summed E-state index contributed by atoms with van der Waals surface area (Å²) in [4.78, 5) is 37.3. The molecule has 3 rings (SSSR count). The lowest BCUT2D eigenvalue weighted by Crippen LogP contribution is -2.43. The summed E-state index contributed by atoms with van der Waals surface area (Å²) in [6.45, 7) is 1.69. The van der Waals surface area contributed by atoms with Gasteiger partial charge in [-0.3, -0.25) is 14.7 Å². The van der Waals surface area contributed by atoms with Gasteiger partial charge in [0.1, 0.15) is 11.9 Å². The number of rotatable bonds is 8. The summed E-state index contributed by atoms with van der Waals surface area (Å²) in [5.41, 5.74) is 1.40. The summed E-state index contributed by atoms with van der Waals surface area (Å²) < 4.78 is 32.7. The minimum absolute atomic E-state index is 0.0455. The van der Waals surface area contributed by atoms with Crippen LogP contribution in [0.5, 0.6) is 5.75 Å². The van der Waals surface area contributed by atoms with Crippen LogP contribution in [-0.4, -0.2) is 39.9 Å². The molecular formula is C23H23F2N3O5. The van der Waals surface area contributed by atoms with E-state index in [1.807, 2.05) is 0 Å². The van der Waals surface area contributed by atoms with Crippen molar-refractivity contribution < 1.29 is 28.2 Å². The molecule has 8 nitrogen and oxygen atoms in total. The zero-order chi connectivity index (χ0) is 24.1. The molecule has 1 atom stereocenters. The third-order valence-electron chi connectivity index (χ3n) is 5.15. The van der Waals surface area contributed by atoms with Crippen LogP contribution in [0, 0.1) is 18.6 Å². The van der Waals surface area contributed by atoms with Crippen molar-refractivity contribution in [3.05, 3.63) is 81.3 Å². The first-order chi connectivity index (χ1) is 15.7. The van der Waals surface area contributed by atoms with Crippen molar-refractivity contribution in [2.24, 2.45) is 0 Å². The Kier molecular flexibility index (Phi) is 7.27. The van der Waals surface area contributed by atoms with Gasteiger partial charge in [-0.25, -0.2) is 18.3 Å². The second-order valence-corrected chi connectivity index (χ2v) is 7.47. The summed E-state index contributed by atoms with van der Waals surface area (Å²) >= 11 is 0. The first-order valence-corrected chi connectivity index (χ1v) is 10.1. The Hall–Kier alpha value is -3.95. The fourth-order valence-corrected chi connectivity index (χ4v) is 3.40. The van der Waals surface area contributed by atoms with Gasteiger partial charge in [0, 0.05) is 24.1 Å². The number of aromatic nitrogens is 2. The minimum atomic E-state index is -1.07. The molecule has 0 aliphatic rings. The normalized spacial score (nSPS) is 11.8. The maximum absolute atomic E-state index is 13.6. The number of halogens is 2. The van der Waals surface area contributed by atoms with Gasteiger partial charge < -0.3 is 15.2 Å². The molecule has 0 saturated heterocycles. The lowest BCUT2D eigenvalue weighted by molar-refractivity contribution is -0.145. The fourth-order valence-electron chi connectivity index (χ4n) is 3.40. The van der Waals surface area contributed by atoms with Crippen molar-refractivity contribution in [3.8, 4) is 11.4 Å². The van der Waals surface area contributed by atoms with E-state index in [4.69, 9.17) is 4.74 Å². The van der Waals surface area contributed by atoms with Gasteiger partial charge in [-0.05, 0) is 55.3 Å². The molecule has 0 fully saturated rings. The highest BCUT2D eigenvalue weighted by Crippen LogP contribution is 2.17. The van der Waals surface area contributed by atoms with E-state index in [0.29, 0.717) is 22.5 Å². The lowest BCUT2D eigenvalue weighted by atomic mass is 10.0. The molecule has 10 heteroatoms. The predicted molar refractivity (Wildman–Crippen MR) is 115 cm³/mol. The van der Waals surface area contributed by atoms with Crippen LogP contribution in [0.1, 0.15) is 23.2 Å². The number of ether oxygens (including phenoxy) is 1. The monoisotopic (exact) mass is 459 g/mol. The molecule has 1 heterocycles. The molecule has 0 bridgehead atoms. The summed E-state index contributed by atoms with van der Waals surface area (Å²) in [5.74, 6) is -3.01. The van der Waals surface area contributed by atoms with Crippen molar-refractivity contribution in [2.75, 3.05) is 7.11 Å². The van der Waals surface area contributed by atoms with Gasteiger partial charge in [0.2, 0.25) is 5.91 Å². The second-order valence-electron chi connectivity index (χ2n) is 7.47. The number of benzene rings is 2. The van der Waals surface area contributed by atoms with Gasteiger partial charge in [-0.1, -0.05) is 6.07 Å². The first kappa shape index (κ1) is 23.7. The molecule has 0 radical (unpaired) electrons. The summed E-state index contributed by atoms with van der Waals surface area (Å²) in [6, 6.07) is 7.96. The summed E-state index contributed by atoms with van der Waals surface area (Å²) in [7, 11) is 1.17. The number of hydrogen-bond acceptors (Lipinski definition) is 5. The Morgan fingerprint density at radius 1 is 1.18 bits per heavy atom. The number of aryl methyl sites for hydroxylation is 1. The number of esters is 1. The van der Waals surface area contributed by atoms with Crippen LogP contribution in [0.15, 0.2) is 47.3 Å². The summed E-state index contributed by atoms with van der Waals surface area (Å²) in [5, 5.41) is 14.8. The number of aromatic hydroxyl groups is 1. The van der Waals surface area contributed by atoms with Crippen molar-refractivity contribution in [1.29, 1.82) is 0 Å². The van der Waals surface area contributed by atoms with E-state index in [0.717, 1.165) is 12.1 Å². The minimum Gasteiger partial charge on any atom is -0.505 e. The van der Waals surface area contributed by atoms with E-state index in [2.05, 4.69) is 10.4 Å². The number of phenolic OH excluding ortho intramolecular Hbond substituents is 1. The molecule has 174 valence electrons. The molecule has 0 saturated carbocycles. The molecular weight excluding hydrogens is 436 g/mol. The van der Waals surface area contributed by atoms with Crippen LogP contribution in [0.25, 0.3) is 5.69 Å². The maximum Gasteiger partial charge on any atom is 0.328 e. The molecule has 1 amide bonds. The molecule has 1 aromatic heterocycles. The van der Waals surface area contributed by atoms with Gasteiger partial charge in [-0.15, -0.1) is 0 Å². The van der Waals surface area contributed by atoms with E-state index >= 15 is 0 Å². The maximum atomic E-state index is 13.6. The number of carbonyl (C=O) groups is 2. The number of amides is 1. The number of phenols is 1. The number of carbonyl (C=O) groups excluding carboxylic acids is 2. The number of methoxy groups -OCH3 is 1. The Morgan fingerprint density at radius 3 is 2.52 bits per heavy atom. The quantitative estimate of drug-likeness (QED) is 0.448. The van der Waals surface area contributed by atoms with Crippen LogP contribution in [0.2, 0.25) is 0 Å². The molecule has 3 N–H and O–H groups in total. The highest BCUT2D eigenvalue weighted by atomic mass is 19.1. The van der Waals surface area contributed by atoms with Gasteiger partial charge in [0.15, 0.2) is 11.6 Å². The molecule has 0 spiro atoms. The fraction of sp³-hybridized carbons (Fsp3) is 0.261. The lowest BCUT2D eigenvalue weighted by Gasteiger charge is -2.17. The van der Waals surface area contributed by atoms with Crippen LogP contribution in [0.4, 0.5) is 8.78 Å². The average Bonchev–Trinajstić information content (AvgIpc) is 3.07. The second kappa shape index (κ2) is 10.1. The van der Waals surface area contributed by atoms with Crippen LogP contribution >= 0.6 is 0 Å². The van der Waals surface area contributed by atoms with E-state index in [1.165, 1.54) is 42.1 Å². The van der Waals surface area contributed by atoms with Crippen molar-refractivity contribution in [3.63, 3.8) is 0 Å². The van der Waals surface area contributed by atoms with Crippen molar-refractivity contribution in [2.45, 2.75) is 32.2 Å². The zero-order valence-corrected chi connectivity index (χ0v) is 18.0. The van der Waals surface area contributed by atoms with Crippen molar-refractivity contribution >= 4 is 11.9 Å². The van der Waals surface area contributed by atoms with E-state index in [1.54, 1.807) is 6.92 Å². The predicted octanol–water partition coefficient (Wildman–Crippen LogP) is 2.29. The first-order valence-electron chi connectivity index (χ1n) is 10.1. The molecule has 0 aliphatic heterocycles. The zero-order valence-electron chi connectivity index (χ0n) is 18.0. The van der Waals surface area contributed by atoms with Gasteiger partial charge in [-0.2, -0.15) is 0 Å². The van der Waals surface area contributed by atoms with E-state index in [9.17, 15) is 28.3 Å². The molecule has 33 heavy (non-hydrogen) atoms. The number of H-pyrrole nitrogens is 1. The third-order valence-corrected chi connectivity index (χ3v) is 5.15. The highest BCUT2D eigenvalue weighted by Gasteiger charge is 2.23. The van der Waals surface area contributed by atoms with Gasteiger partial charge in [0.05, 0.1) is 12.8 Å². The largest absolute Gasteiger partial charge is 0.505 e. The molecule has 1 unspecified atom stereocenters. The molecule has 3 aromatic rings. The standard InChI is InChI=1S/C23H23F2N3O5/c1-13-17(22(31)28(27-13)16-6-4-15(24)5-7-16)8-10-21(30)26-19(23(32)33-2)12-14-3-9-20(29)18(25)11-14/h3-7,9,11,19,27,29H,8,10,12H2,1-2H3,(H,26,30). The van der Waals surface area contributed by atoms with E-state index < -0.39 is 35.3 Å². The number of hydrogen-bond donors (Lipinski definition) is 3. The molecule has 0 aliphatic carbocycles. The average molecular weight is 459 g/mol. The van der Waals surface area contributed by atoms with Gasteiger partial charge in [0.25, 0.3) is 5.56 Å². The molecule has 2 aromatic carbocycles. The topological polar surface area (TPSA) is 113 Å². The Morgan fingerprint density at radius 2 is 1.88 bits per heavy atom. The summed E-state index contributed by atoms with van der Waals surface area (Å²) in [6.07, 6.45) is -0.0339. The highest BCUT2D eigenvalue weighted by molar-refractivity contribution is 5.84. The third kappa shape index (κ3) is 5.65. The number of aromatic amines is 1. The van der Waals surface area contributed by atoms with Crippen LogP contribution in [-0.2, 0) is 27.2 Å². The van der Waals surface area contributed by atoms with Crippen LogP contribution in [0.3, 0.4) is 0 Å².